The third kappa shape index (κ3) is 2.62. The van der Waals surface area contributed by atoms with Crippen LogP contribution < -0.4 is 0 Å². The highest BCUT2D eigenvalue weighted by Gasteiger charge is 2.34. The van der Waals surface area contributed by atoms with Gasteiger partial charge in [-0.15, -0.1) is 10.2 Å². The molecule has 1 aromatic heterocycles. The molecule has 0 radical (unpaired) electrons. The fourth-order valence-corrected chi connectivity index (χ4v) is 4.22. The first kappa shape index (κ1) is 15.4. The Morgan fingerprint density at radius 3 is 2.79 bits per heavy atom. The summed E-state index contributed by atoms with van der Waals surface area (Å²) >= 11 is 0. The number of amides is 1. The van der Waals surface area contributed by atoms with Crippen LogP contribution in [-0.4, -0.2) is 38.7 Å². The van der Waals surface area contributed by atoms with Crippen LogP contribution in [0.15, 0.2) is 30.6 Å². The zero-order chi connectivity index (χ0) is 16.5. The molecule has 1 aliphatic carbocycles. The maximum absolute atomic E-state index is 13.0. The zero-order valence-corrected chi connectivity index (χ0v) is 14.2. The summed E-state index contributed by atoms with van der Waals surface area (Å²) in [6.45, 7) is 4.68. The monoisotopic (exact) mass is 324 g/mol. The van der Waals surface area contributed by atoms with Crippen molar-refractivity contribution in [3.8, 4) is 0 Å². The van der Waals surface area contributed by atoms with Gasteiger partial charge < -0.3 is 9.47 Å². The van der Waals surface area contributed by atoms with Crippen molar-refractivity contribution in [2.75, 3.05) is 13.1 Å². The molecule has 2 aliphatic rings. The van der Waals surface area contributed by atoms with Gasteiger partial charge in [0.1, 0.15) is 12.2 Å². The van der Waals surface area contributed by atoms with Gasteiger partial charge in [-0.3, -0.25) is 4.79 Å². The van der Waals surface area contributed by atoms with E-state index in [9.17, 15) is 4.79 Å². The number of fused-ring (bicyclic) bond motifs is 1. The number of hydrogen-bond acceptors (Lipinski definition) is 3. The third-order valence-corrected chi connectivity index (χ3v) is 5.59. The summed E-state index contributed by atoms with van der Waals surface area (Å²) in [5.74, 6) is 1.88. The Hall–Kier alpha value is -2.17. The summed E-state index contributed by atoms with van der Waals surface area (Å²) in [7, 11) is 0. The minimum Gasteiger partial charge on any atom is -0.342 e. The molecule has 1 atom stereocenters. The standard InChI is InChI=1S/C19H24N4O/c1-2-22-13-20-21-18(22)15-9-11-23(12-10-15)19(24)17-8-7-14-5-3-4-6-16(14)17/h3-6,13,15,17H,2,7-12H2,1H3/t17-/m0/s1. The van der Waals surface area contributed by atoms with E-state index in [0.29, 0.717) is 11.8 Å². The molecule has 1 aromatic carbocycles. The van der Waals surface area contributed by atoms with E-state index in [4.69, 9.17) is 0 Å². The van der Waals surface area contributed by atoms with Gasteiger partial charge in [-0.25, -0.2) is 0 Å². The van der Waals surface area contributed by atoms with Crippen LogP contribution in [0.25, 0.3) is 0 Å². The summed E-state index contributed by atoms with van der Waals surface area (Å²) in [6.07, 6.45) is 5.77. The highest BCUT2D eigenvalue weighted by atomic mass is 16.2. The van der Waals surface area contributed by atoms with Crippen molar-refractivity contribution in [1.29, 1.82) is 0 Å². The van der Waals surface area contributed by atoms with Gasteiger partial charge in [-0.2, -0.15) is 0 Å². The Morgan fingerprint density at radius 1 is 1.21 bits per heavy atom. The number of piperidine rings is 1. The summed E-state index contributed by atoms with van der Waals surface area (Å²) in [4.78, 5) is 15.0. The molecule has 1 amide bonds. The van der Waals surface area contributed by atoms with E-state index in [1.165, 1.54) is 11.1 Å². The highest BCUT2D eigenvalue weighted by Crippen LogP contribution is 2.36. The SMILES string of the molecule is CCn1cnnc1C1CCN(C(=O)[C@H]2CCc3ccccc32)CC1. The lowest BCUT2D eigenvalue weighted by atomic mass is 9.93. The summed E-state index contributed by atoms with van der Waals surface area (Å²) in [6, 6.07) is 8.41. The highest BCUT2D eigenvalue weighted by molar-refractivity contribution is 5.85. The van der Waals surface area contributed by atoms with Crippen LogP contribution in [0.5, 0.6) is 0 Å². The molecule has 24 heavy (non-hydrogen) atoms. The number of carbonyl (C=O) groups is 1. The Kier molecular flexibility index (Phi) is 4.08. The van der Waals surface area contributed by atoms with Crippen LogP contribution in [0, 0.1) is 0 Å². The molecule has 0 N–H and O–H groups in total. The second-order valence-electron chi connectivity index (χ2n) is 6.86. The molecule has 126 valence electrons. The summed E-state index contributed by atoms with van der Waals surface area (Å²) in [5.41, 5.74) is 2.59. The Morgan fingerprint density at radius 2 is 2.00 bits per heavy atom. The Labute approximate surface area is 142 Å². The zero-order valence-electron chi connectivity index (χ0n) is 14.2. The molecule has 0 bridgehead atoms. The summed E-state index contributed by atoms with van der Waals surface area (Å²) < 4.78 is 2.12. The fourth-order valence-electron chi connectivity index (χ4n) is 4.22. The van der Waals surface area contributed by atoms with Crippen molar-refractivity contribution in [1.82, 2.24) is 19.7 Å². The first-order valence-corrected chi connectivity index (χ1v) is 9.02. The van der Waals surface area contributed by atoms with Crippen LogP contribution in [0.4, 0.5) is 0 Å². The quantitative estimate of drug-likeness (QED) is 0.872. The van der Waals surface area contributed by atoms with Gasteiger partial charge in [0.2, 0.25) is 5.91 Å². The molecule has 5 nitrogen and oxygen atoms in total. The van der Waals surface area contributed by atoms with Crippen molar-refractivity contribution in [3.63, 3.8) is 0 Å². The van der Waals surface area contributed by atoms with Crippen molar-refractivity contribution < 1.29 is 4.79 Å². The number of hydrogen-bond donors (Lipinski definition) is 0. The van der Waals surface area contributed by atoms with Gasteiger partial charge in [-0.1, -0.05) is 24.3 Å². The van der Waals surface area contributed by atoms with Crippen LogP contribution in [0.3, 0.4) is 0 Å². The van der Waals surface area contributed by atoms with E-state index in [-0.39, 0.29) is 5.92 Å². The van der Waals surface area contributed by atoms with E-state index in [2.05, 4.69) is 44.8 Å². The van der Waals surface area contributed by atoms with E-state index < -0.39 is 0 Å². The average Bonchev–Trinajstić information content (AvgIpc) is 3.28. The number of aryl methyl sites for hydroxylation is 2. The van der Waals surface area contributed by atoms with Crippen molar-refractivity contribution in [3.05, 3.63) is 47.5 Å². The van der Waals surface area contributed by atoms with Crippen molar-refractivity contribution in [2.45, 2.75) is 51.0 Å². The maximum atomic E-state index is 13.0. The molecule has 1 aliphatic heterocycles. The Bertz CT molecular complexity index is 730. The second kappa shape index (κ2) is 6.38. The van der Waals surface area contributed by atoms with Crippen LogP contribution in [-0.2, 0) is 17.8 Å². The predicted molar refractivity (Wildman–Crippen MR) is 91.8 cm³/mol. The molecule has 0 saturated carbocycles. The first-order valence-electron chi connectivity index (χ1n) is 9.02. The molecule has 1 saturated heterocycles. The average molecular weight is 324 g/mol. The van der Waals surface area contributed by atoms with E-state index >= 15 is 0 Å². The van der Waals surface area contributed by atoms with Gasteiger partial charge in [-0.05, 0) is 43.7 Å². The second-order valence-corrected chi connectivity index (χ2v) is 6.86. The molecule has 0 spiro atoms. The molecule has 2 aromatic rings. The predicted octanol–water partition coefficient (Wildman–Crippen LogP) is 2.73. The fraction of sp³-hybridized carbons (Fsp3) is 0.526. The van der Waals surface area contributed by atoms with Gasteiger partial charge >= 0.3 is 0 Å². The number of benzene rings is 1. The topological polar surface area (TPSA) is 51.0 Å². The minimum absolute atomic E-state index is 0.0667. The van der Waals surface area contributed by atoms with Gasteiger partial charge in [0.15, 0.2) is 0 Å². The summed E-state index contributed by atoms with van der Waals surface area (Å²) in [5, 5.41) is 8.34. The molecular formula is C19H24N4O. The van der Waals surface area contributed by atoms with Crippen molar-refractivity contribution in [2.24, 2.45) is 0 Å². The van der Waals surface area contributed by atoms with Gasteiger partial charge in [0.25, 0.3) is 0 Å². The number of nitrogens with zero attached hydrogens (tertiary/aromatic N) is 4. The maximum Gasteiger partial charge on any atom is 0.230 e. The molecule has 1 fully saturated rings. The largest absolute Gasteiger partial charge is 0.342 e. The lowest BCUT2D eigenvalue weighted by Gasteiger charge is -2.33. The van der Waals surface area contributed by atoms with Crippen LogP contribution >= 0.6 is 0 Å². The molecule has 4 rings (SSSR count). The van der Waals surface area contributed by atoms with Gasteiger partial charge in [0.05, 0.1) is 5.92 Å². The first-order chi connectivity index (χ1) is 11.8. The minimum atomic E-state index is 0.0667. The van der Waals surface area contributed by atoms with E-state index in [1.807, 2.05) is 12.4 Å². The molecular weight excluding hydrogens is 300 g/mol. The number of rotatable bonds is 3. The molecule has 0 unspecified atom stereocenters. The number of likely N-dealkylation sites (tertiary alicyclic amines) is 1. The Balaban J connectivity index is 1.42. The molecule has 2 heterocycles. The smallest absolute Gasteiger partial charge is 0.230 e. The lowest BCUT2D eigenvalue weighted by molar-refractivity contribution is -0.133. The lowest BCUT2D eigenvalue weighted by Crippen LogP contribution is -2.40. The van der Waals surface area contributed by atoms with Crippen molar-refractivity contribution >= 4 is 5.91 Å². The van der Waals surface area contributed by atoms with E-state index in [0.717, 1.165) is 51.1 Å². The molecule has 5 heteroatoms. The van der Waals surface area contributed by atoms with Crippen LogP contribution in [0.1, 0.15) is 55.0 Å². The van der Waals surface area contributed by atoms with Gasteiger partial charge in [0, 0.05) is 25.6 Å². The number of carbonyl (C=O) groups excluding carboxylic acids is 1. The van der Waals surface area contributed by atoms with E-state index in [1.54, 1.807) is 0 Å². The normalized spacial score (nSPS) is 21.0. The number of aromatic nitrogens is 3. The van der Waals surface area contributed by atoms with Crippen LogP contribution in [0.2, 0.25) is 0 Å². The third-order valence-electron chi connectivity index (χ3n) is 5.59.